The molecular weight excluding hydrogens is 282 g/mol. The molecule has 1 N–H and O–H groups in total. The van der Waals surface area contributed by atoms with Gasteiger partial charge in [-0.15, -0.1) is 0 Å². The summed E-state index contributed by atoms with van der Waals surface area (Å²) in [6, 6.07) is 5.70. The van der Waals surface area contributed by atoms with E-state index in [4.69, 9.17) is 4.74 Å². The van der Waals surface area contributed by atoms with Gasteiger partial charge in [-0.05, 0) is 43.0 Å². The molecule has 17 heavy (non-hydrogen) atoms. The van der Waals surface area contributed by atoms with Crippen molar-refractivity contribution in [3.8, 4) is 0 Å². The van der Waals surface area contributed by atoms with E-state index < -0.39 is 0 Å². The number of carbonyl (C=O) groups is 1. The largest absolute Gasteiger partial charge is 0.465 e. The maximum Gasteiger partial charge on any atom is 0.337 e. The van der Waals surface area contributed by atoms with Crippen LogP contribution in [0.3, 0.4) is 0 Å². The Labute approximate surface area is 110 Å². The Morgan fingerprint density at radius 1 is 1.53 bits per heavy atom. The van der Waals surface area contributed by atoms with Crippen molar-refractivity contribution in [2.24, 2.45) is 0 Å². The van der Waals surface area contributed by atoms with Crippen LogP contribution in [0, 0.1) is 0 Å². The summed E-state index contributed by atoms with van der Waals surface area (Å²) >= 11 is 3.54. The third kappa shape index (κ3) is 2.87. The summed E-state index contributed by atoms with van der Waals surface area (Å²) in [5, 5.41) is 3.40. The topological polar surface area (TPSA) is 38.3 Å². The lowest BCUT2D eigenvalue weighted by molar-refractivity contribution is 0.0600. The molecule has 4 heteroatoms. The number of halogens is 1. The first kappa shape index (κ1) is 12.6. The van der Waals surface area contributed by atoms with Gasteiger partial charge in [0, 0.05) is 11.0 Å². The number of nitrogens with one attached hydrogen (secondary N) is 1. The Morgan fingerprint density at radius 3 is 2.94 bits per heavy atom. The van der Waals surface area contributed by atoms with Gasteiger partial charge in [-0.1, -0.05) is 22.0 Å². The van der Waals surface area contributed by atoms with E-state index in [-0.39, 0.29) is 5.97 Å². The van der Waals surface area contributed by atoms with E-state index in [0.717, 1.165) is 17.6 Å². The Bertz CT molecular complexity index is 414. The minimum atomic E-state index is -0.293. The highest BCUT2D eigenvalue weighted by atomic mass is 79.9. The fraction of sp³-hybridized carbons (Fsp3) is 0.462. The molecule has 92 valence electrons. The molecule has 1 atom stereocenters. The number of esters is 1. The van der Waals surface area contributed by atoms with Gasteiger partial charge in [0.25, 0.3) is 0 Å². The van der Waals surface area contributed by atoms with Crippen molar-refractivity contribution in [1.82, 2.24) is 5.32 Å². The average molecular weight is 298 g/mol. The standard InChI is InChI=1S/C13H16BrNO2/c1-17-13(16)9-4-5-11(12(14)7-9)10-3-2-6-15-8-10/h4-5,7,10,15H,2-3,6,8H2,1H3/t10-/m1/s1. The second-order valence-corrected chi connectivity index (χ2v) is 5.13. The van der Waals surface area contributed by atoms with Crippen LogP contribution in [-0.2, 0) is 4.74 Å². The molecule has 0 saturated carbocycles. The summed E-state index contributed by atoms with van der Waals surface area (Å²) in [6.45, 7) is 2.12. The van der Waals surface area contributed by atoms with E-state index in [0.29, 0.717) is 11.5 Å². The predicted molar refractivity (Wildman–Crippen MR) is 70.3 cm³/mol. The molecule has 1 aliphatic rings. The zero-order valence-electron chi connectivity index (χ0n) is 9.83. The lowest BCUT2D eigenvalue weighted by atomic mass is 9.91. The van der Waals surface area contributed by atoms with Crippen LogP contribution in [-0.4, -0.2) is 26.2 Å². The van der Waals surface area contributed by atoms with Crippen LogP contribution < -0.4 is 5.32 Å². The number of carbonyl (C=O) groups excluding carboxylic acids is 1. The summed E-state index contributed by atoms with van der Waals surface area (Å²) in [7, 11) is 1.40. The fourth-order valence-electron chi connectivity index (χ4n) is 2.22. The van der Waals surface area contributed by atoms with Gasteiger partial charge in [0.1, 0.15) is 0 Å². The number of benzene rings is 1. The number of hydrogen-bond acceptors (Lipinski definition) is 3. The summed E-state index contributed by atoms with van der Waals surface area (Å²) in [5.74, 6) is 0.240. The number of piperidine rings is 1. The van der Waals surface area contributed by atoms with Crippen molar-refractivity contribution >= 4 is 21.9 Å². The van der Waals surface area contributed by atoms with Crippen molar-refractivity contribution in [2.45, 2.75) is 18.8 Å². The molecule has 0 bridgehead atoms. The van der Waals surface area contributed by atoms with E-state index in [1.807, 2.05) is 18.2 Å². The van der Waals surface area contributed by atoms with Crippen LogP contribution in [0.4, 0.5) is 0 Å². The van der Waals surface area contributed by atoms with E-state index in [9.17, 15) is 4.79 Å². The van der Waals surface area contributed by atoms with Gasteiger partial charge in [-0.3, -0.25) is 0 Å². The number of rotatable bonds is 2. The molecular formula is C13H16BrNO2. The maximum atomic E-state index is 11.4. The Hall–Kier alpha value is -0.870. The van der Waals surface area contributed by atoms with E-state index in [1.54, 1.807) is 0 Å². The minimum Gasteiger partial charge on any atom is -0.465 e. The summed E-state index contributed by atoms with van der Waals surface area (Å²) < 4.78 is 5.70. The molecule has 0 aromatic heterocycles. The quantitative estimate of drug-likeness (QED) is 0.853. The Kier molecular flexibility index (Phi) is 4.18. The molecule has 1 saturated heterocycles. The molecule has 0 amide bonds. The van der Waals surface area contributed by atoms with Crippen molar-refractivity contribution in [3.63, 3.8) is 0 Å². The van der Waals surface area contributed by atoms with Gasteiger partial charge in [0.2, 0.25) is 0 Å². The third-order valence-corrected chi connectivity index (χ3v) is 3.85. The molecule has 1 aromatic carbocycles. The van der Waals surface area contributed by atoms with Crippen LogP contribution in [0.2, 0.25) is 0 Å². The Balaban J connectivity index is 2.21. The Morgan fingerprint density at radius 2 is 2.35 bits per heavy atom. The molecule has 1 aromatic rings. The second-order valence-electron chi connectivity index (χ2n) is 4.27. The molecule has 0 unspecified atom stereocenters. The lowest BCUT2D eigenvalue weighted by Gasteiger charge is -2.24. The predicted octanol–water partition coefficient (Wildman–Crippen LogP) is 2.70. The highest BCUT2D eigenvalue weighted by molar-refractivity contribution is 9.10. The van der Waals surface area contributed by atoms with Gasteiger partial charge in [-0.25, -0.2) is 4.79 Å². The van der Waals surface area contributed by atoms with Gasteiger partial charge in [0.15, 0.2) is 0 Å². The van der Waals surface area contributed by atoms with Crippen molar-refractivity contribution in [1.29, 1.82) is 0 Å². The fourth-order valence-corrected chi connectivity index (χ4v) is 2.92. The molecule has 0 spiro atoms. The van der Waals surface area contributed by atoms with E-state index in [1.165, 1.54) is 25.5 Å². The van der Waals surface area contributed by atoms with E-state index >= 15 is 0 Å². The number of hydrogen-bond donors (Lipinski definition) is 1. The van der Waals surface area contributed by atoms with Crippen LogP contribution >= 0.6 is 15.9 Å². The molecule has 2 rings (SSSR count). The smallest absolute Gasteiger partial charge is 0.337 e. The van der Waals surface area contributed by atoms with Crippen molar-refractivity contribution in [3.05, 3.63) is 33.8 Å². The molecule has 0 radical (unpaired) electrons. The molecule has 0 aliphatic carbocycles. The third-order valence-electron chi connectivity index (χ3n) is 3.16. The number of methoxy groups -OCH3 is 1. The normalized spacial score (nSPS) is 20.0. The van der Waals surface area contributed by atoms with Crippen LogP contribution in [0.15, 0.2) is 22.7 Å². The summed E-state index contributed by atoms with van der Waals surface area (Å²) in [5.41, 5.74) is 1.86. The van der Waals surface area contributed by atoms with Gasteiger partial charge in [-0.2, -0.15) is 0 Å². The maximum absolute atomic E-state index is 11.4. The summed E-state index contributed by atoms with van der Waals surface area (Å²) in [4.78, 5) is 11.4. The molecule has 3 nitrogen and oxygen atoms in total. The highest BCUT2D eigenvalue weighted by Gasteiger charge is 2.18. The summed E-state index contributed by atoms with van der Waals surface area (Å²) in [6.07, 6.45) is 2.40. The van der Waals surface area contributed by atoms with Crippen LogP contribution in [0.25, 0.3) is 0 Å². The first-order valence-electron chi connectivity index (χ1n) is 5.81. The monoisotopic (exact) mass is 297 g/mol. The highest BCUT2D eigenvalue weighted by Crippen LogP contribution is 2.30. The average Bonchev–Trinajstić information content (AvgIpc) is 2.38. The van der Waals surface area contributed by atoms with Crippen molar-refractivity contribution in [2.75, 3.05) is 20.2 Å². The second kappa shape index (κ2) is 5.65. The van der Waals surface area contributed by atoms with Gasteiger partial charge in [0.05, 0.1) is 12.7 Å². The minimum absolute atomic E-state index is 0.293. The van der Waals surface area contributed by atoms with Gasteiger partial charge < -0.3 is 10.1 Å². The first-order chi connectivity index (χ1) is 8.22. The molecule has 1 aliphatic heterocycles. The molecule has 1 heterocycles. The zero-order chi connectivity index (χ0) is 12.3. The van der Waals surface area contributed by atoms with Crippen LogP contribution in [0.1, 0.15) is 34.7 Å². The van der Waals surface area contributed by atoms with E-state index in [2.05, 4.69) is 21.2 Å². The van der Waals surface area contributed by atoms with Crippen LogP contribution in [0.5, 0.6) is 0 Å². The lowest BCUT2D eigenvalue weighted by Crippen LogP contribution is -2.28. The molecule has 1 fully saturated rings. The zero-order valence-corrected chi connectivity index (χ0v) is 11.4. The SMILES string of the molecule is COC(=O)c1ccc([C@@H]2CCCNC2)c(Br)c1. The number of ether oxygens (including phenoxy) is 1. The van der Waals surface area contributed by atoms with Gasteiger partial charge >= 0.3 is 5.97 Å². The van der Waals surface area contributed by atoms with Crippen molar-refractivity contribution < 1.29 is 9.53 Å². The first-order valence-corrected chi connectivity index (χ1v) is 6.60.